The molecule has 0 amide bonds. The Balaban J connectivity index is 2.27. The number of halogens is 2. The minimum absolute atomic E-state index is 0.256. The zero-order valence-electron chi connectivity index (χ0n) is 11.3. The van der Waals surface area contributed by atoms with E-state index in [2.05, 4.69) is 15.4 Å². The van der Waals surface area contributed by atoms with Gasteiger partial charge < -0.3 is 14.9 Å². The van der Waals surface area contributed by atoms with Crippen molar-refractivity contribution < 1.29 is 9.47 Å². The van der Waals surface area contributed by atoms with Crippen molar-refractivity contribution in [3.05, 3.63) is 40.1 Å². The molecule has 21 heavy (non-hydrogen) atoms. The summed E-state index contributed by atoms with van der Waals surface area (Å²) in [7, 11) is 0. The number of rotatable bonds is 6. The Morgan fingerprint density at radius 2 is 2.05 bits per heavy atom. The number of hydrazine groups is 1. The van der Waals surface area contributed by atoms with E-state index in [4.69, 9.17) is 38.5 Å². The molecule has 8 heteroatoms. The van der Waals surface area contributed by atoms with E-state index in [-0.39, 0.29) is 12.5 Å². The zero-order chi connectivity index (χ0) is 15.2. The van der Waals surface area contributed by atoms with Gasteiger partial charge in [-0.2, -0.15) is 4.98 Å². The summed E-state index contributed by atoms with van der Waals surface area (Å²) < 4.78 is 10.9. The summed E-state index contributed by atoms with van der Waals surface area (Å²) in [4.78, 5) is 8.39. The summed E-state index contributed by atoms with van der Waals surface area (Å²) in [5.74, 6) is 6.92. The number of nitrogens with two attached hydrogens (primary N) is 1. The van der Waals surface area contributed by atoms with Gasteiger partial charge in [0.05, 0.1) is 5.02 Å². The molecular formula is C13H14Cl2N4O2. The molecule has 0 saturated heterocycles. The van der Waals surface area contributed by atoms with Crippen LogP contribution in [0, 0.1) is 0 Å². The van der Waals surface area contributed by atoms with Crippen molar-refractivity contribution in [2.45, 2.75) is 13.5 Å². The topological polar surface area (TPSA) is 82.3 Å². The lowest BCUT2D eigenvalue weighted by Gasteiger charge is -2.10. The molecule has 0 spiro atoms. The van der Waals surface area contributed by atoms with Gasteiger partial charge in [0, 0.05) is 23.8 Å². The molecule has 1 heterocycles. The molecule has 2 aromatic rings. The number of benzene rings is 1. The molecule has 1 aromatic heterocycles. The molecule has 0 aliphatic rings. The van der Waals surface area contributed by atoms with Gasteiger partial charge in [0.2, 0.25) is 5.88 Å². The second-order valence-corrected chi connectivity index (χ2v) is 4.81. The number of hydrogen-bond donors (Lipinski definition) is 2. The number of ether oxygens (including phenoxy) is 2. The standard InChI is InChI=1S/C13H14Cl2N4O2/c1-2-20-7-12-17-11(19-16)6-13(18-12)21-10-5-8(14)3-4-9(10)15/h3-6H,2,7,16H2,1H3,(H,17,18,19). The number of nitrogens with one attached hydrogen (secondary N) is 1. The molecule has 0 unspecified atom stereocenters. The lowest BCUT2D eigenvalue weighted by Crippen LogP contribution is -2.11. The van der Waals surface area contributed by atoms with E-state index in [1.165, 1.54) is 0 Å². The molecule has 0 aliphatic heterocycles. The van der Waals surface area contributed by atoms with Crippen LogP contribution in [0.25, 0.3) is 0 Å². The Bertz CT molecular complexity index is 625. The number of nitrogen functional groups attached to an aromatic ring is 1. The summed E-state index contributed by atoms with van der Waals surface area (Å²) >= 11 is 12.0. The Morgan fingerprint density at radius 1 is 1.24 bits per heavy atom. The van der Waals surface area contributed by atoms with Crippen molar-refractivity contribution in [3.63, 3.8) is 0 Å². The van der Waals surface area contributed by atoms with E-state index in [1.807, 2.05) is 6.92 Å². The van der Waals surface area contributed by atoms with Crippen LogP contribution in [0.3, 0.4) is 0 Å². The van der Waals surface area contributed by atoms with Crippen LogP contribution in [-0.2, 0) is 11.3 Å². The lowest BCUT2D eigenvalue weighted by molar-refractivity contribution is 0.128. The molecule has 2 rings (SSSR count). The van der Waals surface area contributed by atoms with Crippen LogP contribution in [0.1, 0.15) is 12.7 Å². The van der Waals surface area contributed by atoms with E-state index in [9.17, 15) is 0 Å². The second kappa shape index (κ2) is 7.42. The van der Waals surface area contributed by atoms with E-state index >= 15 is 0 Å². The highest BCUT2D eigenvalue weighted by molar-refractivity contribution is 6.34. The molecule has 0 saturated carbocycles. The zero-order valence-corrected chi connectivity index (χ0v) is 12.8. The number of hydrogen-bond acceptors (Lipinski definition) is 6. The molecule has 0 fully saturated rings. The Kier molecular flexibility index (Phi) is 5.58. The highest BCUT2D eigenvalue weighted by Gasteiger charge is 2.09. The first-order valence-corrected chi connectivity index (χ1v) is 6.93. The fraction of sp³-hybridized carbons (Fsp3) is 0.231. The first-order valence-electron chi connectivity index (χ1n) is 6.17. The molecule has 3 N–H and O–H groups in total. The van der Waals surface area contributed by atoms with E-state index in [1.54, 1.807) is 24.3 Å². The van der Waals surface area contributed by atoms with Gasteiger partial charge in [-0.3, -0.25) is 0 Å². The third-order valence-corrected chi connectivity index (χ3v) is 2.99. The van der Waals surface area contributed by atoms with Crippen molar-refractivity contribution in [1.82, 2.24) is 9.97 Å². The van der Waals surface area contributed by atoms with Gasteiger partial charge in [-0.25, -0.2) is 10.8 Å². The predicted octanol–water partition coefficient (Wildman–Crippen LogP) is 3.40. The third kappa shape index (κ3) is 4.44. The van der Waals surface area contributed by atoms with Crippen LogP contribution in [-0.4, -0.2) is 16.6 Å². The maximum Gasteiger partial charge on any atom is 0.224 e. The highest BCUT2D eigenvalue weighted by Crippen LogP contribution is 2.31. The minimum Gasteiger partial charge on any atom is -0.437 e. The van der Waals surface area contributed by atoms with Crippen LogP contribution >= 0.6 is 23.2 Å². The third-order valence-electron chi connectivity index (χ3n) is 2.44. The van der Waals surface area contributed by atoms with Gasteiger partial charge in [-0.1, -0.05) is 23.2 Å². The lowest BCUT2D eigenvalue weighted by atomic mass is 10.3. The molecule has 6 nitrogen and oxygen atoms in total. The summed E-state index contributed by atoms with van der Waals surface area (Å²) in [6.07, 6.45) is 0. The largest absolute Gasteiger partial charge is 0.437 e. The van der Waals surface area contributed by atoms with Crippen molar-refractivity contribution in [3.8, 4) is 11.6 Å². The molecule has 0 atom stereocenters. The van der Waals surface area contributed by atoms with Gasteiger partial charge in [0.1, 0.15) is 18.2 Å². The smallest absolute Gasteiger partial charge is 0.224 e. The predicted molar refractivity (Wildman–Crippen MR) is 81.7 cm³/mol. The average Bonchev–Trinajstić information content (AvgIpc) is 2.48. The van der Waals surface area contributed by atoms with Crippen LogP contribution in [0.15, 0.2) is 24.3 Å². The Labute approximate surface area is 132 Å². The normalized spacial score (nSPS) is 10.5. The van der Waals surface area contributed by atoms with Crippen LogP contribution in [0.5, 0.6) is 11.6 Å². The number of aromatic nitrogens is 2. The van der Waals surface area contributed by atoms with Crippen LogP contribution < -0.4 is 16.0 Å². The van der Waals surface area contributed by atoms with E-state index in [0.29, 0.717) is 34.0 Å². The van der Waals surface area contributed by atoms with Crippen molar-refractivity contribution in [2.24, 2.45) is 5.84 Å². The SMILES string of the molecule is CCOCc1nc(NN)cc(Oc2cc(Cl)ccc2Cl)n1. The summed E-state index contributed by atoms with van der Waals surface area (Å²) in [6, 6.07) is 6.46. The average molecular weight is 329 g/mol. The molecule has 0 radical (unpaired) electrons. The first kappa shape index (κ1) is 15.8. The monoisotopic (exact) mass is 328 g/mol. The fourth-order valence-electron chi connectivity index (χ4n) is 1.52. The van der Waals surface area contributed by atoms with Crippen molar-refractivity contribution in [2.75, 3.05) is 12.0 Å². The van der Waals surface area contributed by atoms with Crippen molar-refractivity contribution in [1.29, 1.82) is 0 Å². The van der Waals surface area contributed by atoms with Gasteiger partial charge in [-0.15, -0.1) is 0 Å². The second-order valence-electron chi connectivity index (χ2n) is 3.97. The summed E-state index contributed by atoms with van der Waals surface area (Å²) in [5, 5.41) is 0.932. The van der Waals surface area contributed by atoms with Gasteiger partial charge >= 0.3 is 0 Å². The van der Waals surface area contributed by atoms with Crippen molar-refractivity contribution >= 4 is 29.0 Å². The number of nitrogens with zero attached hydrogens (tertiary/aromatic N) is 2. The summed E-state index contributed by atoms with van der Waals surface area (Å²) in [6.45, 7) is 2.69. The van der Waals surface area contributed by atoms with Gasteiger partial charge in [-0.05, 0) is 19.1 Å². The maximum absolute atomic E-state index is 6.05. The Morgan fingerprint density at radius 3 is 2.76 bits per heavy atom. The first-order chi connectivity index (χ1) is 10.1. The van der Waals surface area contributed by atoms with Crippen LogP contribution in [0.4, 0.5) is 5.82 Å². The minimum atomic E-state index is 0.256. The molecule has 112 valence electrons. The van der Waals surface area contributed by atoms with E-state index in [0.717, 1.165) is 0 Å². The number of anilines is 1. The maximum atomic E-state index is 6.05. The quantitative estimate of drug-likeness (QED) is 0.624. The highest BCUT2D eigenvalue weighted by atomic mass is 35.5. The van der Waals surface area contributed by atoms with Gasteiger partial charge in [0.25, 0.3) is 0 Å². The molecule has 0 aliphatic carbocycles. The molecule has 0 bridgehead atoms. The Hall–Kier alpha value is -1.60. The van der Waals surface area contributed by atoms with Gasteiger partial charge in [0.15, 0.2) is 5.82 Å². The van der Waals surface area contributed by atoms with E-state index < -0.39 is 0 Å². The molecule has 1 aromatic carbocycles. The fourth-order valence-corrected chi connectivity index (χ4v) is 1.84. The summed E-state index contributed by atoms with van der Waals surface area (Å²) in [5.41, 5.74) is 2.45. The van der Waals surface area contributed by atoms with Crippen LogP contribution in [0.2, 0.25) is 10.0 Å². The molecular weight excluding hydrogens is 315 g/mol.